The second-order valence-corrected chi connectivity index (χ2v) is 9.19. The zero-order valence-electron chi connectivity index (χ0n) is 19.1. The van der Waals surface area contributed by atoms with Crippen molar-refractivity contribution in [1.29, 1.82) is 0 Å². The number of unbranched alkanes of at least 4 members (excludes halogenated alkanes) is 13. The van der Waals surface area contributed by atoms with Gasteiger partial charge in [-0.3, -0.25) is 0 Å². The molecule has 1 aliphatic heterocycles. The van der Waals surface area contributed by atoms with Gasteiger partial charge in [0, 0.05) is 6.61 Å². The Morgan fingerprint density at radius 2 is 1.25 bits per heavy atom. The lowest BCUT2D eigenvalue weighted by Crippen LogP contribution is -2.55. The fourth-order valence-electron chi connectivity index (χ4n) is 4.15. The topological polar surface area (TPSA) is 38.7 Å². The molecule has 0 spiro atoms. The lowest BCUT2D eigenvalue weighted by atomic mass is 10.0. The molecule has 1 heterocycles. The minimum atomic E-state index is -0.352. The predicted octanol–water partition coefficient (Wildman–Crippen LogP) is 5.32. The molecule has 4 nitrogen and oxygen atoms in total. The largest absolute Gasteiger partial charge is 0.385 e. The molecule has 0 saturated carbocycles. The van der Waals surface area contributed by atoms with Crippen LogP contribution in [0.25, 0.3) is 0 Å². The maximum Gasteiger partial charge on any atom is 0.126 e. The van der Waals surface area contributed by atoms with Crippen LogP contribution in [0.1, 0.15) is 96.8 Å². The van der Waals surface area contributed by atoms with Crippen molar-refractivity contribution in [3.05, 3.63) is 0 Å². The summed E-state index contributed by atoms with van der Waals surface area (Å²) < 4.78 is 12.0. The number of nitrogens with zero attached hydrogens (tertiary/aromatic N) is 1. The zero-order valence-corrected chi connectivity index (χ0v) is 19.1. The Bertz CT molecular complexity index is 332. The van der Waals surface area contributed by atoms with E-state index in [1.54, 1.807) is 0 Å². The molecule has 0 aromatic rings. The second-order valence-electron chi connectivity index (χ2n) is 9.19. The zero-order chi connectivity index (χ0) is 20.3. The van der Waals surface area contributed by atoms with Crippen molar-refractivity contribution in [3.63, 3.8) is 0 Å². The third-order valence-corrected chi connectivity index (χ3v) is 6.15. The molecule has 1 rings (SSSR count). The number of rotatable bonds is 19. The fraction of sp³-hybridized carbons (Fsp3) is 1.00. The van der Waals surface area contributed by atoms with E-state index < -0.39 is 0 Å². The van der Waals surface area contributed by atoms with E-state index in [1.165, 1.54) is 83.5 Å². The number of likely N-dealkylation sites (N-methyl/N-ethyl adjacent to an activating group) is 1. The van der Waals surface area contributed by atoms with Crippen molar-refractivity contribution in [1.82, 2.24) is 0 Å². The van der Waals surface area contributed by atoms with Crippen LogP contribution < -0.4 is 0 Å². The van der Waals surface area contributed by atoms with E-state index in [0.29, 0.717) is 6.61 Å². The molecule has 0 aromatic carbocycles. The van der Waals surface area contributed by atoms with Gasteiger partial charge in [0.25, 0.3) is 0 Å². The molecule has 0 aliphatic carbocycles. The maximum absolute atomic E-state index is 10.2. The summed E-state index contributed by atoms with van der Waals surface area (Å²) in [6.45, 7) is 7.95. The molecule has 0 bridgehead atoms. The lowest BCUT2D eigenvalue weighted by molar-refractivity contribution is -0.919. The van der Waals surface area contributed by atoms with Crippen molar-refractivity contribution < 1.29 is 19.1 Å². The summed E-state index contributed by atoms with van der Waals surface area (Å²) in [5.41, 5.74) is 0. The van der Waals surface area contributed by atoms with Crippen LogP contribution in [0, 0.1) is 0 Å². The second kappa shape index (κ2) is 17.7. The first-order valence-corrected chi connectivity index (χ1v) is 12.3. The van der Waals surface area contributed by atoms with Gasteiger partial charge in [0.15, 0.2) is 0 Å². The highest BCUT2D eigenvalue weighted by Gasteiger charge is 2.28. The van der Waals surface area contributed by atoms with Crippen LogP contribution >= 0.6 is 0 Å². The SMILES string of the molecule is CCCCCCCCCCCCCCCCOCC(O)C[N+]1(C)CCOCC1. The van der Waals surface area contributed by atoms with Gasteiger partial charge >= 0.3 is 0 Å². The molecule has 1 N–H and O–H groups in total. The number of aliphatic hydroxyl groups excluding tert-OH is 1. The van der Waals surface area contributed by atoms with E-state index in [-0.39, 0.29) is 6.10 Å². The van der Waals surface area contributed by atoms with Crippen LogP contribution in [-0.2, 0) is 9.47 Å². The third kappa shape index (κ3) is 14.8. The Kier molecular flexibility index (Phi) is 16.3. The summed E-state index contributed by atoms with van der Waals surface area (Å²) in [7, 11) is 2.21. The molecule has 0 aromatic heterocycles. The van der Waals surface area contributed by atoms with Crippen LogP contribution in [0.15, 0.2) is 0 Å². The molecular formula is C24H50NO3+. The highest BCUT2D eigenvalue weighted by molar-refractivity contribution is 4.56. The summed E-state index contributed by atoms with van der Waals surface area (Å²) >= 11 is 0. The highest BCUT2D eigenvalue weighted by Crippen LogP contribution is 2.13. The van der Waals surface area contributed by atoms with Crippen LogP contribution in [0.2, 0.25) is 0 Å². The Morgan fingerprint density at radius 3 is 1.75 bits per heavy atom. The van der Waals surface area contributed by atoms with E-state index >= 15 is 0 Å². The highest BCUT2D eigenvalue weighted by atomic mass is 16.5. The van der Waals surface area contributed by atoms with Crippen LogP contribution in [0.3, 0.4) is 0 Å². The van der Waals surface area contributed by atoms with Crippen molar-refractivity contribution in [2.24, 2.45) is 0 Å². The van der Waals surface area contributed by atoms with E-state index in [0.717, 1.165) is 50.4 Å². The Hall–Kier alpha value is -0.160. The Morgan fingerprint density at radius 1 is 0.786 bits per heavy atom. The monoisotopic (exact) mass is 400 g/mol. The van der Waals surface area contributed by atoms with Crippen LogP contribution in [0.4, 0.5) is 0 Å². The van der Waals surface area contributed by atoms with Gasteiger partial charge in [0.05, 0.1) is 26.9 Å². The average Bonchev–Trinajstić information content (AvgIpc) is 2.68. The van der Waals surface area contributed by atoms with E-state index in [2.05, 4.69) is 14.0 Å². The van der Waals surface area contributed by atoms with Gasteiger partial charge in [-0.05, 0) is 6.42 Å². The predicted molar refractivity (Wildman–Crippen MR) is 119 cm³/mol. The molecule has 1 saturated heterocycles. The first-order valence-electron chi connectivity index (χ1n) is 12.3. The number of aliphatic hydroxyl groups is 1. The summed E-state index contributed by atoms with van der Waals surface area (Å²) in [6, 6.07) is 0. The fourth-order valence-corrected chi connectivity index (χ4v) is 4.15. The summed E-state index contributed by atoms with van der Waals surface area (Å²) in [5.74, 6) is 0. The summed E-state index contributed by atoms with van der Waals surface area (Å²) in [6.07, 6.45) is 19.0. The van der Waals surface area contributed by atoms with Gasteiger partial charge in [-0.25, -0.2) is 0 Å². The smallest absolute Gasteiger partial charge is 0.126 e. The molecular weight excluding hydrogens is 350 g/mol. The quantitative estimate of drug-likeness (QED) is 0.235. The molecule has 1 unspecified atom stereocenters. The van der Waals surface area contributed by atoms with Gasteiger partial charge in [-0.1, -0.05) is 90.4 Å². The van der Waals surface area contributed by atoms with E-state index in [4.69, 9.17) is 9.47 Å². The third-order valence-electron chi connectivity index (χ3n) is 6.15. The first-order chi connectivity index (χ1) is 13.7. The van der Waals surface area contributed by atoms with Gasteiger partial charge < -0.3 is 19.1 Å². The molecule has 1 aliphatic rings. The van der Waals surface area contributed by atoms with Crippen molar-refractivity contribution in [2.45, 2.75) is 103 Å². The molecule has 0 amide bonds. The molecule has 1 fully saturated rings. The molecule has 0 radical (unpaired) electrons. The van der Waals surface area contributed by atoms with Gasteiger partial charge in [-0.15, -0.1) is 0 Å². The van der Waals surface area contributed by atoms with E-state index in [9.17, 15) is 5.11 Å². The molecule has 168 valence electrons. The van der Waals surface area contributed by atoms with Crippen molar-refractivity contribution >= 4 is 0 Å². The number of morpholine rings is 1. The van der Waals surface area contributed by atoms with Crippen LogP contribution in [-0.4, -0.2) is 68.8 Å². The van der Waals surface area contributed by atoms with E-state index in [1.807, 2.05) is 0 Å². The Balaban J connectivity index is 1.77. The van der Waals surface area contributed by atoms with Gasteiger partial charge in [0.1, 0.15) is 25.7 Å². The van der Waals surface area contributed by atoms with Crippen LogP contribution in [0.5, 0.6) is 0 Å². The van der Waals surface area contributed by atoms with Crippen molar-refractivity contribution in [3.8, 4) is 0 Å². The van der Waals surface area contributed by atoms with Crippen molar-refractivity contribution in [2.75, 3.05) is 53.1 Å². The summed E-state index contributed by atoms with van der Waals surface area (Å²) in [4.78, 5) is 0. The molecule has 4 heteroatoms. The Labute approximate surface area is 175 Å². The van der Waals surface area contributed by atoms with Gasteiger partial charge in [-0.2, -0.15) is 0 Å². The molecule has 28 heavy (non-hydrogen) atoms. The summed E-state index contributed by atoms with van der Waals surface area (Å²) in [5, 5.41) is 10.2. The number of hydrogen-bond acceptors (Lipinski definition) is 3. The van der Waals surface area contributed by atoms with Gasteiger partial charge in [0.2, 0.25) is 0 Å². The standard InChI is InChI=1S/C24H50NO3/c1-3-4-5-6-7-8-9-10-11-12-13-14-15-16-19-28-23-24(26)22-25(2)17-20-27-21-18-25/h24,26H,3-23H2,1-2H3/q+1. The maximum atomic E-state index is 10.2. The normalized spacial score (nSPS) is 17.7. The lowest BCUT2D eigenvalue weighted by Gasteiger charge is -2.38. The number of quaternary nitrogens is 1. The number of hydrogen-bond donors (Lipinski definition) is 1. The average molecular weight is 401 g/mol. The number of ether oxygens (including phenoxy) is 2. The minimum absolute atomic E-state index is 0.352. The first kappa shape index (κ1) is 25.9. The minimum Gasteiger partial charge on any atom is -0.385 e. The molecule has 1 atom stereocenters.